The summed E-state index contributed by atoms with van der Waals surface area (Å²) in [6, 6.07) is 0.760. The highest BCUT2D eigenvalue weighted by Gasteiger charge is 2.34. The second-order valence-electron chi connectivity index (χ2n) is 2.97. The molecule has 1 heterocycles. The summed E-state index contributed by atoms with van der Waals surface area (Å²) in [4.78, 5) is 3.19. The van der Waals surface area contributed by atoms with Crippen LogP contribution in [0.2, 0.25) is 0 Å². The minimum atomic E-state index is -5.05. The first kappa shape index (κ1) is 13.4. The van der Waals surface area contributed by atoms with E-state index in [9.17, 15) is 22.0 Å². The molecule has 0 unspecified atom stereocenters. The third kappa shape index (κ3) is 3.41. The maximum absolute atomic E-state index is 12.5. The lowest BCUT2D eigenvalue weighted by Crippen LogP contribution is -2.21. The van der Waals surface area contributed by atoms with Gasteiger partial charge in [-0.3, -0.25) is 0 Å². The van der Waals surface area contributed by atoms with Crippen molar-refractivity contribution in [3.63, 3.8) is 0 Å². The van der Waals surface area contributed by atoms with Crippen LogP contribution in [0.15, 0.2) is 6.07 Å². The number of nitrogens with zero attached hydrogens (tertiary/aromatic N) is 1. The quantitative estimate of drug-likeness (QED) is 0.812. The van der Waals surface area contributed by atoms with Crippen LogP contribution in [0, 0.1) is 0 Å². The van der Waals surface area contributed by atoms with E-state index in [1.165, 1.54) is 0 Å². The smallest absolute Gasteiger partial charge is 0.387 e. The molecular weight excluding hydrogens is 249 g/mol. The zero-order chi connectivity index (χ0) is 13.2. The van der Waals surface area contributed by atoms with Crippen LogP contribution in [0.5, 0.6) is 5.88 Å². The van der Waals surface area contributed by atoms with Crippen molar-refractivity contribution in [1.82, 2.24) is 4.98 Å². The fourth-order valence-electron chi connectivity index (χ4n) is 1.18. The molecule has 0 aliphatic heterocycles. The predicted molar refractivity (Wildman–Crippen MR) is 48.2 cm³/mol. The lowest BCUT2D eigenvalue weighted by atomic mass is 10.1. The van der Waals surface area contributed by atoms with Crippen LogP contribution in [0.4, 0.5) is 27.8 Å². The molecule has 0 aliphatic carbocycles. The van der Waals surface area contributed by atoms with Crippen molar-refractivity contribution >= 4 is 5.82 Å². The maximum Gasteiger partial charge on any atom is 0.574 e. The van der Waals surface area contributed by atoms with Crippen LogP contribution in [-0.2, 0) is 6.54 Å². The van der Waals surface area contributed by atoms with E-state index in [2.05, 4.69) is 9.72 Å². The lowest BCUT2D eigenvalue weighted by molar-refractivity contribution is -0.276. The first-order chi connectivity index (χ1) is 7.74. The number of alkyl halides is 5. The van der Waals surface area contributed by atoms with Crippen molar-refractivity contribution in [1.29, 1.82) is 0 Å². The van der Waals surface area contributed by atoms with Gasteiger partial charge in [-0.2, -0.15) is 4.98 Å². The molecule has 17 heavy (non-hydrogen) atoms. The number of hydrogen-bond acceptors (Lipinski definition) is 4. The fourth-order valence-corrected chi connectivity index (χ4v) is 1.18. The molecule has 0 bridgehead atoms. The van der Waals surface area contributed by atoms with E-state index in [1.807, 2.05) is 0 Å². The summed E-state index contributed by atoms with van der Waals surface area (Å²) in [6.45, 7) is -0.571. The lowest BCUT2D eigenvalue weighted by Gasteiger charge is -2.15. The molecule has 0 spiro atoms. The monoisotopic (exact) mass is 257 g/mol. The second-order valence-corrected chi connectivity index (χ2v) is 2.97. The zero-order valence-electron chi connectivity index (χ0n) is 8.26. The molecule has 96 valence electrons. The zero-order valence-corrected chi connectivity index (χ0v) is 8.26. The van der Waals surface area contributed by atoms with Gasteiger partial charge in [0.2, 0.25) is 5.88 Å². The molecular formula is C8H8F5N3O. The number of rotatable bonds is 3. The molecule has 1 aromatic heterocycles. The summed E-state index contributed by atoms with van der Waals surface area (Å²) in [5.74, 6) is -1.55. The Morgan fingerprint density at radius 3 is 2.35 bits per heavy atom. The van der Waals surface area contributed by atoms with Gasteiger partial charge in [0.1, 0.15) is 5.82 Å². The first-order valence-electron chi connectivity index (χ1n) is 4.28. The number of aromatic nitrogens is 1. The van der Waals surface area contributed by atoms with Gasteiger partial charge in [-0.05, 0) is 6.07 Å². The minimum Gasteiger partial charge on any atom is -0.387 e. The number of ether oxygens (including phenoxy) is 1. The molecule has 0 aliphatic rings. The van der Waals surface area contributed by atoms with E-state index in [4.69, 9.17) is 11.5 Å². The van der Waals surface area contributed by atoms with Crippen molar-refractivity contribution in [3.05, 3.63) is 17.2 Å². The Balaban J connectivity index is 3.28. The summed E-state index contributed by atoms with van der Waals surface area (Å²) >= 11 is 0. The largest absolute Gasteiger partial charge is 0.574 e. The second kappa shape index (κ2) is 4.70. The Morgan fingerprint density at radius 1 is 1.35 bits per heavy atom. The number of pyridine rings is 1. The molecule has 1 aromatic rings. The molecule has 0 amide bonds. The Bertz CT molecular complexity index is 407. The van der Waals surface area contributed by atoms with Crippen molar-refractivity contribution in [2.45, 2.75) is 19.3 Å². The van der Waals surface area contributed by atoms with Crippen LogP contribution in [0.3, 0.4) is 0 Å². The summed E-state index contributed by atoms with van der Waals surface area (Å²) in [6.07, 6.45) is -8.07. The van der Waals surface area contributed by atoms with Crippen molar-refractivity contribution in [3.8, 4) is 5.88 Å². The van der Waals surface area contributed by atoms with Crippen LogP contribution in [-0.4, -0.2) is 11.3 Å². The van der Waals surface area contributed by atoms with E-state index in [0.29, 0.717) is 0 Å². The Labute approximate surface area is 92.4 Å². The van der Waals surface area contributed by atoms with Gasteiger partial charge < -0.3 is 16.2 Å². The minimum absolute atomic E-state index is 0.503. The van der Waals surface area contributed by atoms with Gasteiger partial charge in [0.25, 0.3) is 6.43 Å². The average Bonchev–Trinajstić information content (AvgIpc) is 2.14. The third-order valence-corrected chi connectivity index (χ3v) is 1.79. The maximum atomic E-state index is 12.5. The molecule has 0 fully saturated rings. The van der Waals surface area contributed by atoms with Gasteiger partial charge in [0, 0.05) is 17.7 Å². The molecule has 0 atom stereocenters. The Hall–Kier alpha value is -1.64. The number of halogens is 5. The summed E-state index contributed by atoms with van der Waals surface area (Å²) < 4.78 is 64.5. The predicted octanol–water partition coefficient (Wildman–Crippen LogP) is 1.96. The first-order valence-corrected chi connectivity index (χ1v) is 4.28. The molecule has 0 aromatic carbocycles. The van der Waals surface area contributed by atoms with Crippen LogP contribution < -0.4 is 16.2 Å². The van der Waals surface area contributed by atoms with E-state index >= 15 is 0 Å². The van der Waals surface area contributed by atoms with E-state index in [0.717, 1.165) is 6.07 Å². The van der Waals surface area contributed by atoms with Gasteiger partial charge in [0.15, 0.2) is 0 Å². The van der Waals surface area contributed by atoms with Crippen molar-refractivity contribution < 1.29 is 26.7 Å². The van der Waals surface area contributed by atoms with Gasteiger partial charge >= 0.3 is 6.36 Å². The molecule has 4 nitrogen and oxygen atoms in total. The van der Waals surface area contributed by atoms with Gasteiger partial charge in [-0.25, -0.2) is 8.78 Å². The molecule has 0 saturated carbocycles. The number of hydrogen-bond donors (Lipinski definition) is 2. The molecule has 1 rings (SSSR count). The molecule has 4 N–H and O–H groups in total. The number of anilines is 1. The topological polar surface area (TPSA) is 74.2 Å². The highest BCUT2D eigenvalue weighted by molar-refractivity contribution is 5.45. The molecule has 0 radical (unpaired) electrons. The molecule has 9 heteroatoms. The number of nitrogens with two attached hydrogens (primary N) is 2. The van der Waals surface area contributed by atoms with Gasteiger partial charge in [-0.1, -0.05) is 0 Å². The van der Waals surface area contributed by atoms with Gasteiger partial charge in [0.05, 0.1) is 0 Å². The Morgan fingerprint density at radius 2 is 1.94 bits per heavy atom. The van der Waals surface area contributed by atoms with Crippen LogP contribution >= 0.6 is 0 Å². The Kier molecular flexibility index (Phi) is 3.71. The number of nitrogen functional groups attached to an aromatic ring is 1. The highest BCUT2D eigenvalue weighted by Crippen LogP contribution is 2.32. The molecule has 0 saturated heterocycles. The van der Waals surface area contributed by atoms with Crippen LogP contribution in [0.1, 0.15) is 17.6 Å². The van der Waals surface area contributed by atoms with Gasteiger partial charge in [-0.15, -0.1) is 13.2 Å². The average molecular weight is 257 g/mol. The van der Waals surface area contributed by atoms with Crippen LogP contribution in [0.25, 0.3) is 0 Å². The van der Waals surface area contributed by atoms with E-state index in [1.54, 1.807) is 0 Å². The standard InChI is InChI=1S/C8H8F5N3O/c9-6(10)3-1-5(15)16-7(4(3)2-14)17-8(11,12)13/h1,6H,2,14H2,(H2,15,16). The van der Waals surface area contributed by atoms with E-state index < -0.39 is 42.2 Å². The van der Waals surface area contributed by atoms with Crippen molar-refractivity contribution in [2.75, 3.05) is 5.73 Å². The summed E-state index contributed by atoms with van der Waals surface area (Å²) in [7, 11) is 0. The fraction of sp³-hybridized carbons (Fsp3) is 0.375. The highest BCUT2D eigenvalue weighted by atomic mass is 19.4. The van der Waals surface area contributed by atoms with E-state index in [-0.39, 0.29) is 0 Å². The van der Waals surface area contributed by atoms with Crippen molar-refractivity contribution in [2.24, 2.45) is 5.73 Å². The SMILES string of the molecule is NCc1c(C(F)F)cc(N)nc1OC(F)(F)F. The third-order valence-electron chi connectivity index (χ3n) is 1.79. The summed E-state index contributed by atoms with van der Waals surface area (Å²) in [5, 5.41) is 0. The normalized spacial score (nSPS) is 11.9. The summed E-state index contributed by atoms with van der Waals surface area (Å²) in [5.41, 5.74) is 8.96.